The molecule has 0 aliphatic carbocycles. The monoisotopic (exact) mass is 456 g/mol. The number of carbonyl (C=O) groups excluding carboxylic acids is 2. The summed E-state index contributed by atoms with van der Waals surface area (Å²) in [6, 6.07) is 13.5. The highest BCUT2D eigenvalue weighted by atomic mass is 19.1. The van der Waals surface area contributed by atoms with E-state index in [9.17, 15) is 14.0 Å². The number of para-hydroxylation sites is 2. The molecule has 0 spiro atoms. The number of halogens is 1. The van der Waals surface area contributed by atoms with Crippen molar-refractivity contribution < 1.29 is 18.7 Å². The molecule has 1 heterocycles. The van der Waals surface area contributed by atoms with E-state index < -0.39 is 0 Å². The molecule has 3 rings (SSSR count). The number of anilines is 1. The molecule has 2 aromatic carbocycles. The Hall–Kier alpha value is -3.13. The maximum atomic E-state index is 13.2. The number of ether oxygens (including phenoxy) is 1. The molecule has 3 amide bonds. The van der Waals surface area contributed by atoms with E-state index in [1.807, 2.05) is 36.1 Å². The van der Waals surface area contributed by atoms with Gasteiger partial charge in [-0.15, -0.1) is 0 Å². The van der Waals surface area contributed by atoms with Crippen molar-refractivity contribution in [2.24, 2.45) is 0 Å². The Balaban J connectivity index is 1.49. The third-order valence-corrected chi connectivity index (χ3v) is 5.80. The van der Waals surface area contributed by atoms with Crippen molar-refractivity contribution in [2.75, 3.05) is 51.7 Å². The van der Waals surface area contributed by atoms with Gasteiger partial charge in [0.25, 0.3) is 0 Å². The second-order valence-corrected chi connectivity index (χ2v) is 8.15. The van der Waals surface area contributed by atoms with E-state index >= 15 is 0 Å². The summed E-state index contributed by atoms with van der Waals surface area (Å²) in [5.74, 6) is 0.455. The number of amides is 3. The summed E-state index contributed by atoms with van der Waals surface area (Å²) in [5, 5.41) is 2.92. The molecule has 0 bridgehead atoms. The highest BCUT2D eigenvalue weighted by Gasteiger charge is 2.23. The van der Waals surface area contributed by atoms with Crippen molar-refractivity contribution in [3.8, 4) is 5.75 Å². The van der Waals surface area contributed by atoms with Gasteiger partial charge in [-0.25, -0.2) is 9.18 Å². The predicted molar refractivity (Wildman–Crippen MR) is 127 cm³/mol. The Bertz CT molecular complexity index is 914. The third kappa shape index (κ3) is 7.18. The molecule has 0 aromatic heterocycles. The van der Waals surface area contributed by atoms with Crippen LogP contribution in [-0.2, 0) is 11.3 Å². The zero-order chi connectivity index (χ0) is 23.6. The largest absolute Gasteiger partial charge is 0.495 e. The number of hydrogen-bond donors (Lipinski definition) is 1. The van der Waals surface area contributed by atoms with Crippen molar-refractivity contribution >= 4 is 17.6 Å². The highest BCUT2D eigenvalue weighted by molar-refractivity contribution is 5.91. The summed E-state index contributed by atoms with van der Waals surface area (Å²) in [4.78, 5) is 31.2. The van der Waals surface area contributed by atoms with Crippen LogP contribution in [0.25, 0.3) is 0 Å². The van der Waals surface area contributed by atoms with Crippen LogP contribution in [0.4, 0.5) is 14.9 Å². The minimum absolute atomic E-state index is 0.108. The van der Waals surface area contributed by atoms with Crippen LogP contribution >= 0.6 is 0 Å². The number of piperazine rings is 1. The molecule has 0 atom stereocenters. The van der Waals surface area contributed by atoms with Crippen LogP contribution in [0.1, 0.15) is 25.3 Å². The number of benzene rings is 2. The maximum Gasteiger partial charge on any atom is 0.322 e. The SMILES string of the molecule is CCCC(=O)N(CCN1CCN(C(=O)Nc2ccccc2OC)CC1)Cc1ccc(F)cc1. The number of carbonyl (C=O) groups is 2. The first-order valence-corrected chi connectivity index (χ1v) is 11.4. The number of rotatable bonds is 9. The molecule has 1 N–H and O–H groups in total. The van der Waals surface area contributed by atoms with Gasteiger partial charge >= 0.3 is 6.03 Å². The molecule has 2 aromatic rings. The van der Waals surface area contributed by atoms with Gasteiger partial charge in [0.15, 0.2) is 0 Å². The Labute approximate surface area is 195 Å². The molecule has 0 unspecified atom stereocenters. The lowest BCUT2D eigenvalue weighted by Crippen LogP contribution is -2.51. The molecule has 0 radical (unpaired) electrons. The normalized spacial score (nSPS) is 14.1. The summed E-state index contributed by atoms with van der Waals surface area (Å²) < 4.78 is 18.5. The summed E-state index contributed by atoms with van der Waals surface area (Å²) >= 11 is 0. The first kappa shape index (κ1) is 24.5. The number of nitrogens with zero attached hydrogens (tertiary/aromatic N) is 3. The molecule has 7 nitrogen and oxygen atoms in total. The van der Waals surface area contributed by atoms with Gasteiger partial charge in [0, 0.05) is 52.2 Å². The van der Waals surface area contributed by atoms with E-state index in [1.54, 1.807) is 24.1 Å². The first-order chi connectivity index (χ1) is 16.0. The van der Waals surface area contributed by atoms with E-state index in [0.29, 0.717) is 44.0 Å². The Morgan fingerprint density at radius 2 is 1.76 bits per heavy atom. The number of methoxy groups -OCH3 is 1. The minimum Gasteiger partial charge on any atom is -0.495 e. The number of nitrogens with one attached hydrogen (secondary N) is 1. The van der Waals surface area contributed by atoms with Crippen LogP contribution in [0.15, 0.2) is 48.5 Å². The van der Waals surface area contributed by atoms with E-state index in [-0.39, 0.29) is 17.8 Å². The fourth-order valence-corrected chi connectivity index (χ4v) is 3.85. The minimum atomic E-state index is -0.280. The first-order valence-electron chi connectivity index (χ1n) is 11.4. The second-order valence-electron chi connectivity index (χ2n) is 8.15. The molecule has 178 valence electrons. The van der Waals surface area contributed by atoms with Crippen LogP contribution in [-0.4, -0.2) is 73.0 Å². The summed E-state index contributed by atoms with van der Waals surface area (Å²) in [5.41, 5.74) is 1.57. The lowest BCUT2D eigenvalue weighted by Gasteiger charge is -2.36. The lowest BCUT2D eigenvalue weighted by atomic mass is 10.2. The molecular formula is C25H33FN4O3. The molecule has 1 aliphatic heterocycles. The van der Waals surface area contributed by atoms with E-state index in [1.165, 1.54) is 12.1 Å². The zero-order valence-corrected chi connectivity index (χ0v) is 19.4. The van der Waals surface area contributed by atoms with Crippen LogP contribution in [0, 0.1) is 5.82 Å². The Morgan fingerprint density at radius 3 is 2.42 bits per heavy atom. The van der Waals surface area contributed by atoms with Gasteiger partial charge in [-0.05, 0) is 36.2 Å². The van der Waals surface area contributed by atoms with Crippen LogP contribution in [0.2, 0.25) is 0 Å². The smallest absolute Gasteiger partial charge is 0.322 e. The van der Waals surface area contributed by atoms with Crippen molar-refractivity contribution in [1.82, 2.24) is 14.7 Å². The molecule has 33 heavy (non-hydrogen) atoms. The van der Waals surface area contributed by atoms with Crippen molar-refractivity contribution in [2.45, 2.75) is 26.3 Å². The number of urea groups is 1. The fourth-order valence-electron chi connectivity index (χ4n) is 3.85. The van der Waals surface area contributed by atoms with Gasteiger partial charge in [0.05, 0.1) is 12.8 Å². The molecular weight excluding hydrogens is 423 g/mol. The highest BCUT2D eigenvalue weighted by Crippen LogP contribution is 2.23. The third-order valence-electron chi connectivity index (χ3n) is 5.80. The van der Waals surface area contributed by atoms with Gasteiger partial charge in [-0.3, -0.25) is 9.69 Å². The molecule has 1 aliphatic rings. The lowest BCUT2D eigenvalue weighted by molar-refractivity contribution is -0.132. The van der Waals surface area contributed by atoms with Crippen LogP contribution in [0.3, 0.4) is 0 Å². The van der Waals surface area contributed by atoms with E-state index in [0.717, 1.165) is 31.6 Å². The van der Waals surface area contributed by atoms with E-state index in [2.05, 4.69) is 10.2 Å². The summed E-state index contributed by atoms with van der Waals surface area (Å²) in [6.45, 7) is 6.51. The Kier molecular flexibility index (Phi) is 9.06. The van der Waals surface area contributed by atoms with Gasteiger partial charge < -0.3 is 19.9 Å². The summed E-state index contributed by atoms with van der Waals surface area (Å²) in [6.07, 6.45) is 1.29. The van der Waals surface area contributed by atoms with E-state index in [4.69, 9.17) is 4.74 Å². The predicted octanol–water partition coefficient (Wildman–Crippen LogP) is 3.81. The standard InChI is InChI=1S/C25H33FN4O3/c1-3-6-24(31)30(19-20-9-11-21(26)12-10-20)18-15-28-13-16-29(17-14-28)25(32)27-22-7-4-5-8-23(22)33-2/h4-5,7-12H,3,6,13-19H2,1-2H3,(H,27,32). The maximum absolute atomic E-state index is 13.2. The molecule has 8 heteroatoms. The topological polar surface area (TPSA) is 65.1 Å². The van der Waals surface area contributed by atoms with Crippen molar-refractivity contribution in [1.29, 1.82) is 0 Å². The number of hydrogen-bond acceptors (Lipinski definition) is 4. The van der Waals surface area contributed by atoms with Gasteiger partial charge in [-0.2, -0.15) is 0 Å². The molecule has 1 fully saturated rings. The van der Waals surface area contributed by atoms with Gasteiger partial charge in [-0.1, -0.05) is 31.2 Å². The van der Waals surface area contributed by atoms with Gasteiger partial charge in [0.1, 0.15) is 11.6 Å². The average Bonchev–Trinajstić information content (AvgIpc) is 2.83. The fraction of sp³-hybridized carbons (Fsp3) is 0.440. The van der Waals surface area contributed by atoms with Crippen molar-refractivity contribution in [3.05, 3.63) is 59.9 Å². The zero-order valence-electron chi connectivity index (χ0n) is 19.4. The average molecular weight is 457 g/mol. The second kappa shape index (κ2) is 12.2. The quantitative estimate of drug-likeness (QED) is 0.623. The van der Waals surface area contributed by atoms with Crippen LogP contribution < -0.4 is 10.1 Å². The Morgan fingerprint density at radius 1 is 1.06 bits per heavy atom. The van der Waals surface area contributed by atoms with Crippen molar-refractivity contribution in [3.63, 3.8) is 0 Å². The van der Waals surface area contributed by atoms with Gasteiger partial charge in [0.2, 0.25) is 5.91 Å². The summed E-state index contributed by atoms with van der Waals surface area (Å²) in [7, 11) is 1.58. The molecule has 0 saturated carbocycles. The van der Waals surface area contributed by atoms with Crippen LogP contribution in [0.5, 0.6) is 5.75 Å². The molecule has 1 saturated heterocycles.